The highest BCUT2D eigenvalue weighted by atomic mass is 79.9. The van der Waals surface area contributed by atoms with Gasteiger partial charge in [-0.1, -0.05) is 15.9 Å². The van der Waals surface area contributed by atoms with Crippen molar-refractivity contribution in [3.05, 3.63) is 28.2 Å². The predicted octanol–water partition coefficient (Wildman–Crippen LogP) is 3.07. The van der Waals surface area contributed by atoms with Gasteiger partial charge < -0.3 is 10.4 Å². The Labute approximate surface area is 133 Å². The molecule has 0 aliphatic rings. The van der Waals surface area contributed by atoms with Crippen molar-refractivity contribution in [1.29, 1.82) is 0 Å². The van der Waals surface area contributed by atoms with Gasteiger partial charge in [0, 0.05) is 15.8 Å². The van der Waals surface area contributed by atoms with Gasteiger partial charge in [0.2, 0.25) is 12.3 Å². The number of carboxylic acid groups (broad SMARTS) is 1. The Morgan fingerprint density at radius 3 is 2.62 bits per heavy atom. The maximum Gasteiger partial charge on any atom is 0.326 e. The van der Waals surface area contributed by atoms with Crippen molar-refractivity contribution in [1.82, 2.24) is 5.32 Å². The van der Waals surface area contributed by atoms with E-state index in [1.807, 2.05) is 25.1 Å². The first-order valence-electron chi connectivity index (χ1n) is 5.99. The summed E-state index contributed by atoms with van der Waals surface area (Å²) in [5, 5.41) is 10.9. The molecule has 0 aliphatic carbocycles. The molecule has 21 heavy (non-hydrogen) atoms. The highest BCUT2D eigenvalue weighted by molar-refractivity contribution is 9.10. The van der Waals surface area contributed by atoms with E-state index < -0.39 is 30.8 Å². The Morgan fingerprint density at radius 2 is 2.10 bits per heavy atom. The van der Waals surface area contributed by atoms with Gasteiger partial charge in [-0.05, 0) is 30.7 Å². The first-order valence-corrected chi connectivity index (χ1v) is 7.76. The van der Waals surface area contributed by atoms with Crippen LogP contribution in [0.15, 0.2) is 27.6 Å². The summed E-state index contributed by atoms with van der Waals surface area (Å²) in [7, 11) is 0. The average molecular weight is 382 g/mol. The van der Waals surface area contributed by atoms with Crippen molar-refractivity contribution in [2.24, 2.45) is 0 Å². The number of nitrogens with one attached hydrogen (secondary N) is 1. The van der Waals surface area contributed by atoms with E-state index in [1.165, 1.54) is 11.8 Å². The molecule has 4 nitrogen and oxygen atoms in total. The van der Waals surface area contributed by atoms with Crippen molar-refractivity contribution < 1.29 is 23.5 Å². The van der Waals surface area contributed by atoms with Crippen LogP contribution < -0.4 is 5.32 Å². The summed E-state index contributed by atoms with van der Waals surface area (Å²) in [6, 6.07) is 3.97. The molecule has 0 heterocycles. The first kappa shape index (κ1) is 17.9. The third kappa shape index (κ3) is 6.43. The second-order valence-electron chi connectivity index (χ2n) is 4.28. The lowest BCUT2D eigenvalue weighted by atomic mass is 10.2. The molecule has 2 N–H and O–H groups in total. The molecule has 1 aromatic rings. The quantitative estimate of drug-likeness (QED) is 0.712. The number of carboxylic acids is 1. The average Bonchev–Trinajstić information content (AvgIpc) is 2.36. The van der Waals surface area contributed by atoms with E-state index in [0.717, 1.165) is 14.9 Å². The molecular formula is C13H14BrF2NO3S. The first-order chi connectivity index (χ1) is 9.79. The largest absolute Gasteiger partial charge is 0.480 e. The van der Waals surface area contributed by atoms with Crippen LogP contribution in [0.5, 0.6) is 0 Å². The number of rotatable bonds is 7. The maximum atomic E-state index is 12.2. The van der Waals surface area contributed by atoms with Gasteiger partial charge >= 0.3 is 5.97 Å². The predicted molar refractivity (Wildman–Crippen MR) is 79.8 cm³/mol. The number of hydrogen-bond donors (Lipinski definition) is 2. The Kier molecular flexibility index (Phi) is 7.10. The molecule has 0 bridgehead atoms. The fourth-order valence-corrected chi connectivity index (χ4v) is 2.85. The Balaban J connectivity index is 2.54. The zero-order valence-electron chi connectivity index (χ0n) is 11.1. The van der Waals surface area contributed by atoms with E-state index in [1.54, 1.807) is 0 Å². The standard InChI is InChI=1S/C13H14BrF2NO3S/c1-7-4-8(14)2-3-10(7)21-6-12(18)17-9(13(19)20)5-11(15)16/h2-4,9,11H,5-6H2,1H3,(H,17,18)(H,19,20). The number of aliphatic carboxylic acids is 1. The Hall–Kier alpha value is -1.15. The van der Waals surface area contributed by atoms with E-state index in [2.05, 4.69) is 21.2 Å². The Bertz CT molecular complexity index is 528. The van der Waals surface area contributed by atoms with E-state index in [4.69, 9.17) is 5.11 Å². The van der Waals surface area contributed by atoms with E-state index in [0.29, 0.717) is 0 Å². The SMILES string of the molecule is Cc1cc(Br)ccc1SCC(=O)NC(CC(F)F)C(=O)O. The number of halogens is 3. The monoisotopic (exact) mass is 381 g/mol. The molecule has 0 aromatic heterocycles. The number of carbonyl (C=O) groups excluding carboxylic acids is 1. The van der Waals surface area contributed by atoms with Gasteiger partial charge in [0.25, 0.3) is 0 Å². The molecule has 8 heteroatoms. The fraction of sp³-hybridized carbons (Fsp3) is 0.385. The van der Waals surface area contributed by atoms with Gasteiger partial charge in [-0.25, -0.2) is 13.6 Å². The number of aryl methyl sites for hydroxylation is 1. The van der Waals surface area contributed by atoms with E-state index >= 15 is 0 Å². The molecular weight excluding hydrogens is 368 g/mol. The number of benzene rings is 1. The molecule has 116 valence electrons. The highest BCUT2D eigenvalue weighted by Crippen LogP contribution is 2.25. The van der Waals surface area contributed by atoms with Crippen LogP contribution in [0, 0.1) is 6.92 Å². The van der Waals surface area contributed by atoms with Crippen molar-refractivity contribution in [2.45, 2.75) is 30.7 Å². The lowest BCUT2D eigenvalue weighted by Gasteiger charge is -2.14. The van der Waals surface area contributed by atoms with Crippen LogP contribution in [0.2, 0.25) is 0 Å². The number of alkyl halides is 2. The van der Waals surface area contributed by atoms with E-state index in [9.17, 15) is 18.4 Å². The van der Waals surface area contributed by atoms with Gasteiger partial charge in [-0.3, -0.25) is 4.79 Å². The van der Waals surface area contributed by atoms with Crippen molar-refractivity contribution in [2.75, 3.05) is 5.75 Å². The summed E-state index contributed by atoms with van der Waals surface area (Å²) >= 11 is 4.55. The molecule has 0 saturated carbocycles. The number of hydrogen-bond acceptors (Lipinski definition) is 3. The third-order valence-corrected chi connectivity index (χ3v) is 4.21. The minimum Gasteiger partial charge on any atom is -0.480 e. The zero-order valence-corrected chi connectivity index (χ0v) is 13.5. The number of carbonyl (C=O) groups is 2. The third-order valence-electron chi connectivity index (χ3n) is 2.54. The van der Waals surface area contributed by atoms with Gasteiger partial charge in [0.05, 0.1) is 5.75 Å². The topological polar surface area (TPSA) is 66.4 Å². The maximum absolute atomic E-state index is 12.2. The molecule has 0 radical (unpaired) electrons. The minimum atomic E-state index is -2.78. The van der Waals surface area contributed by atoms with Crippen LogP contribution in [-0.2, 0) is 9.59 Å². The molecule has 0 saturated heterocycles. The molecule has 1 unspecified atom stereocenters. The summed E-state index contributed by atoms with van der Waals surface area (Å²) < 4.78 is 25.3. The van der Waals surface area contributed by atoms with Gasteiger partial charge in [-0.2, -0.15) is 0 Å². The fourth-order valence-electron chi connectivity index (χ4n) is 1.55. The molecule has 1 aromatic carbocycles. The zero-order chi connectivity index (χ0) is 16.0. The lowest BCUT2D eigenvalue weighted by Crippen LogP contribution is -2.42. The van der Waals surface area contributed by atoms with Crippen LogP contribution in [0.4, 0.5) is 8.78 Å². The molecule has 0 fully saturated rings. The second-order valence-corrected chi connectivity index (χ2v) is 6.22. The van der Waals surface area contributed by atoms with Gasteiger partial charge in [0.15, 0.2) is 0 Å². The van der Waals surface area contributed by atoms with Crippen LogP contribution in [0.1, 0.15) is 12.0 Å². The second kappa shape index (κ2) is 8.33. The lowest BCUT2D eigenvalue weighted by molar-refractivity contribution is -0.142. The van der Waals surface area contributed by atoms with Crippen molar-refractivity contribution in [3.63, 3.8) is 0 Å². The summed E-state index contributed by atoms with van der Waals surface area (Å²) in [5.74, 6) is -2.08. The van der Waals surface area contributed by atoms with E-state index in [-0.39, 0.29) is 5.75 Å². The number of thioether (sulfide) groups is 1. The summed E-state index contributed by atoms with van der Waals surface area (Å²) in [4.78, 5) is 23.3. The van der Waals surface area contributed by atoms with Crippen LogP contribution in [0.3, 0.4) is 0 Å². The number of amides is 1. The van der Waals surface area contributed by atoms with Crippen molar-refractivity contribution in [3.8, 4) is 0 Å². The minimum absolute atomic E-state index is 0.0323. The molecule has 0 spiro atoms. The van der Waals surface area contributed by atoms with Crippen molar-refractivity contribution >= 4 is 39.6 Å². The highest BCUT2D eigenvalue weighted by Gasteiger charge is 2.24. The Morgan fingerprint density at radius 1 is 1.43 bits per heavy atom. The molecule has 1 amide bonds. The normalized spacial score (nSPS) is 12.2. The summed E-state index contributed by atoms with van der Waals surface area (Å²) in [5.41, 5.74) is 0.963. The molecule has 1 atom stereocenters. The summed E-state index contributed by atoms with van der Waals surface area (Å²) in [6.45, 7) is 1.88. The molecule has 1 rings (SSSR count). The van der Waals surface area contributed by atoms with Gasteiger partial charge in [0.1, 0.15) is 6.04 Å². The van der Waals surface area contributed by atoms with Crippen LogP contribution in [-0.4, -0.2) is 35.2 Å². The van der Waals surface area contributed by atoms with Crippen LogP contribution >= 0.6 is 27.7 Å². The summed E-state index contributed by atoms with van der Waals surface area (Å²) in [6.07, 6.45) is -3.68. The molecule has 0 aliphatic heterocycles. The smallest absolute Gasteiger partial charge is 0.326 e. The van der Waals surface area contributed by atoms with Crippen LogP contribution in [0.25, 0.3) is 0 Å². The van der Waals surface area contributed by atoms with Gasteiger partial charge in [-0.15, -0.1) is 11.8 Å².